The van der Waals surface area contributed by atoms with Crippen molar-refractivity contribution in [1.29, 1.82) is 0 Å². The second-order valence-corrected chi connectivity index (χ2v) is 5.27. The maximum Gasteiger partial charge on any atom is 0.250 e. The van der Waals surface area contributed by atoms with Crippen molar-refractivity contribution in [2.75, 3.05) is 5.32 Å². The van der Waals surface area contributed by atoms with Gasteiger partial charge in [0, 0.05) is 36.5 Å². The predicted octanol–water partition coefficient (Wildman–Crippen LogP) is 1.90. The minimum atomic E-state index is -0.107. The summed E-state index contributed by atoms with van der Waals surface area (Å²) in [5.74, 6) is -0.107. The van der Waals surface area contributed by atoms with Gasteiger partial charge >= 0.3 is 0 Å². The lowest BCUT2D eigenvalue weighted by molar-refractivity contribution is -0.116. The third kappa shape index (κ3) is 4.53. The highest BCUT2D eigenvalue weighted by atomic mass is 32.1. The number of aromatic nitrogens is 1. The Balaban J connectivity index is 1.86. The van der Waals surface area contributed by atoms with E-state index in [1.54, 1.807) is 47.2 Å². The Morgan fingerprint density at radius 1 is 1.23 bits per heavy atom. The molecular formula is C16H17N3O2S. The van der Waals surface area contributed by atoms with Crippen molar-refractivity contribution in [1.82, 2.24) is 4.57 Å². The molecule has 1 aromatic heterocycles. The van der Waals surface area contributed by atoms with E-state index in [9.17, 15) is 9.59 Å². The van der Waals surface area contributed by atoms with Crippen molar-refractivity contribution in [2.24, 2.45) is 5.73 Å². The van der Waals surface area contributed by atoms with E-state index in [2.05, 4.69) is 5.32 Å². The Morgan fingerprint density at radius 2 is 2.05 bits per heavy atom. The highest BCUT2D eigenvalue weighted by Gasteiger charge is 2.04. The number of thiocarbonyl (C=S) groups is 1. The first kappa shape index (κ1) is 15.9. The van der Waals surface area contributed by atoms with Crippen LogP contribution in [0.25, 0.3) is 0 Å². The Hall–Kier alpha value is -2.47. The molecule has 1 amide bonds. The van der Waals surface area contributed by atoms with Gasteiger partial charge in [0.15, 0.2) is 0 Å². The van der Waals surface area contributed by atoms with Crippen molar-refractivity contribution < 1.29 is 4.79 Å². The number of hydrogen-bond acceptors (Lipinski definition) is 3. The van der Waals surface area contributed by atoms with Crippen molar-refractivity contribution in [3.63, 3.8) is 0 Å². The first-order valence-corrected chi connectivity index (χ1v) is 7.32. The lowest BCUT2D eigenvalue weighted by Crippen LogP contribution is -2.19. The molecule has 0 saturated carbocycles. The maximum absolute atomic E-state index is 11.9. The van der Waals surface area contributed by atoms with Gasteiger partial charge in [-0.1, -0.05) is 30.4 Å². The van der Waals surface area contributed by atoms with Crippen LogP contribution in [0.1, 0.15) is 18.4 Å². The fourth-order valence-electron chi connectivity index (χ4n) is 2.03. The van der Waals surface area contributed by atoms with Crippen LogP contribution < -0.4 is 16.6 Å². The molecular weight excluding hydrogens is 298 g/mol. The molecule has 3 N–H and O–H groups in total. The smallest absolute Gasteiger partial charge is 0.250 e. The Bertz CT molecular complexity index is 740. The SMILES string of the molecule is NC(=S)c1cccc(NC(=O)CCCn2ccccc2=O)c1. The third-order valence-corrected chi connectivity index (χ3v) is 3.37. The van der Waals surface area contributed by atoms with Crippen LogP contribution in [0, 0.1) is 0 Å². The van der Waals surface area contributed by atoms with E-state index < -0.39 is 0 Å². The number of carbonyl (C=O) groups excluding carboxylic acids is 1. The number of amides is 1. The van der Waals surface area contributed by atoms with Gasteiger partial charge in [-0.15, -0.1) is 0 Å². The fourth-order valence-corrected chi connectivity index (χ4v) is 2.16. The first-order valence-electron chi connectivity index (χ1n) is 6.91. The minimum absolute atomic E-state index is 0.0629. The van der Waals surface area contributed by atoms with Crippen molar-refractivity contribution in [2.45, 2.75) is 19.4 Å². The van der Waals surface area contributed by atoms with Gasteiger partial charge in [0.1, 0.15) is 4.99 Å². The van der Waals surface area contributed by atoms with Crippen LogP contribution in [0.4, 0.5) is 5.69 Å². The number of nitrogens with two attached hydrogens (primary N) is 1. The number of benzene rings is 1. The molecule has 0 aliphatic heterocycles. The molecule has 5 nitrogen and oxygen atoms in total. The molecule has 0 atom stereocenters. The molecule has 0 saturated heterocycles. The number of nitrogens with zero attached hydrogens (tertiary/aromatic N) is 1. The summed E-state index contributed by atoms with van der Waals surface area (Å²) in [5, 5.41) is 2.80. The Morgan fingerprint density at radius 3 is 2.77 bits per heavy atom. The molecule has 2 aromatic rings. The third-order valence-electron chi connectivity index (χ3n) is 3.13. The average Bonchev–Trinajstić information content (AvgIpc) is 2.49. The van der Waals surface area contributed by atoms with E-state index in [0.717, 1.165) is 0 Å². The Labute approximate surface area is 133 Å². The quantitative estimate of drug-likeness (QED) is 0.798. The molecule has 2 rings (SSSR count). The monoisotopic (exact) mass is 315 g/mol. The van der Waals surface area contributed by atoms with E-state index in [-0.39, 0.29) is 11.5 Å². The second kappa shape index (κ2) is 7.51. The molecule has 1 aromatic carbocycles. The molecule has 114 valence electrons. The van der Waals surface area contributed by atoms with Gasteiger partial charge in [0.25, 0.3) is 0 Å². The molecule has 6 heteroatoms. The van der Waals surface area contributed by atoms with E-state index >= 15 is 0 Å². The molecule has 0 unspecified atom stereocenters. The van der Waals surface area contributed by atoms with Gasteiger partial charge in [-0.25, -0.2) is 0 Å². The van der Waals surface area contributed by atoms with Crippen molar-refractivity contribution in [3.8, 4) is 0 Å². The molecule has 0 aliphatic rings. The number of carbonyl (C=O) groups is 1. The van der Waals surface area contributed by atoms with Gasteiger partial charge in [-0.3, -0.25) is 9.59 Å². The number of pyridine rings is 1. The summed E-state index contributed by atoms with van der Waals surface area (Å²) in [4.78, 5) is 23.7. The molecule has 1 heterocycles. The summed E-state index contributed by atoms with van der Waals surface area (Å²) >= 11 is 4.90. The molecule has 0 radical (unpaired) electrons. The standard InChI is InChI=1S/C16H17N3O2S/c17-16(22)12-5-3-6-13(11-12)18-14(20)7-4-10-19-9-2-1-8-15(19)21/h1-3,5-6,8-9,11H,4,7,10H2,(H2,17,22)(H,18,20). The van der Waals surface area contributed by atoms with Gasteiger partial charge in [-0.05, 0) is 24.6 Å². The van der Waals surface area contributed by atoms with E-state index in [4.69, 9.17) is 18.0 Å². The van der Waals surface area contributed by atoms with E-state index in [1.165, 1.54) is 6.07 Å². The number of hydrogen-bond donors (Lipinski definition) is 2. The first-order chi connectivity index (χ1) is 10.6. The van der Waals surface area contributed by atoms with Gasteiger partial charge in [0.05, 0.1) is 0 Å². The summed E-state index contributed by atoms with van der Waals surface area (Å²) in [7, 11) is 0. The molecule has 0 bridgehead atoms. The number of anilines is 1. The van der Waals surface area contributed by atoms with Crippen LogP contribution in [0.5, 0.6) is 0 Å². The predicted molar refractivity (Wildman–Crippen MR) is 90.9 cm³/mol. The Kier molecular flexibility index (Phi) is 5.43. The highest BCUT2D eigenvalue weighted by Crippen LogP contribution is 2.11. The van der Waals surface area contributed by atoms with Crippen molar-refractivity contribution in [3.05, 3.63) is 64.6 Å². The normalized spacial score (nSPS) is 10.2. The lowest BCUT2D eigenvalue weighted by Gasteiger charge is -2.08. The van der Waals surface area contributed by atoms with Crippen LogP contribution >= 0.6 is 12.2 Å². The summed E-state index contributed by atoms with van der Waals surface area (Å²) < 4.78 is 1.58. The largest absolute Gasteiger partial charge is 0.389 e. The zero-order valence-electron chi connectivity index (χ0n) is 12.0. The van der Waals surface area contributed by atoms with Crippen LogP contribution in [0.3, 0.4) is 0 Å². The molecule has 0 spiro atoms. The van der Waals surface area contributed by atoms with E-state index in [1.807, 2.05) is 0 Å². The van der Waals surface area contributed by atoms with Crippen LogP contribution in [0.15, 0.2) is 53.5 Å². The summed E-state index contributed by atoms with van der Waals surface area (Å²) in [6.45, 7) is 0.514. The number of aryl methyl sites for hydroxylation is 1. The maximum atomic E-state index is 11.9. The fraction of sp³-hybridized carbons (Fsp3) is 0.188. The summed E-state index contributed by atoms with van der Waals surface area (Å²) in [6, 6.07) is 12.1. The average molecular weight is 315 g/mol. The van der Waals surface area contributed by atoms with E-state index in [0.29, 0.717) is 35.6 Å². The van der Waals surface area contributed by atoms with Crippen LogP contribution in [0.2, 0.25) is 0 Å². The van der Waals surface area contributed by atoms with Crippen molar-refractivity contribution >= 4 is 28.8 Å². The zero-order valence-corrected chi connectivity index (χ0v) is 12.8. The van der Waals surface area contributed by atoms with Crippen LogP contribution in [-0.2, 0) is 11.3 Å². The summed E-state index contributed by atoms with van der Waals surface area (Å²) in [6.07, 6.45) is 2.63. The van der Waals surface area contributed by atoms with Crippen LogP contribution in [-0.4, -0.2) is 15.5 Å². The van der Waals surface area contributed by atoms with Gasteiger partial charge < -0.3 is 15.6 Å². The highest BCUT2D eigenvalue weighted by molar-refractivity contribution is 7.80. The molecule has 0 fully saturated rings. The number of rotatable bonds is 6. The second-order valence-electron chi connectivity index (χ2n) is 4.83. The molecule has 22 heavy (non-hydrogen) atoms. The zero-order chi connectivity index (χ0) is 15.9. The topological polar surface area (TPSA) is 77.1 Å². The lowest BCUT2D eigenvalue weighted by atomic mass is 10.2. The molecule has 0 aliphatic carbocycles. The van der Waals surface area contributed by atoms with Gasteiger partial charge in [0.2, 0.25) is 11.5 Å². The van der Waals surface area contributed by atoms with Gasteiger partial charge in [-0.2, -0.15) is 0 Å². The summed E-state index contributed by atoms with van der Waals surface area (Å²) in [5.41, 5.74) is 6.87. The minimum Gasteiger partial charge on any atom is -0.389 e. The number of nitrogens with one attached hydrogen (secondary N) is 1.